The van der Waals surface area contributed by atoms with Crippen molar-refractivity contribution in [3.8, 4) is 0 Å². The monoisotopic (exact) mass is 818 g/mol. The Balaban J connectivity index is 2.92. The Labute approximate surface area is 332 Å². The third kappa shape index (κ3) is 13.9. The maximum atomic E-state index is 13.1. The predicted molar refractivity (Wildman–Crippen MR) is 191 cm³/mol. The van der Waals surface area contributed by atoms with Gasteiger partial charge in [-0.2, -0.15) is 0 Å². The maximum absolute atomic E-state index is 13.1. The summed E-state index contributed by atoms with van der Waals surface area (Å²) in [4.78, 5) is 102. The summed E-state index contributed by atoms with van der Waals surface area (Å²) >= 11 is 0. The molecule has 0 N–H and O–H groups in total. The van der Waals surface area contributed by atoms with Crippen LogP contribution in [0, 0.1) is 29.6 Å². The third-order valence-electron chi connectivity index (χ3n) is 8.31. The van der Waals surface area contributed by atoms with Crippen molar-refractivity contribution in [1.29, 1.82) is 0 Å². The summed E-state index contributed by atoms with van der Waals surface area (Å²) in [7, 11) is 0. The van der Waals surface area contributed by atoms with Crippen LogP contribution in [0.1, 0.15) is 90.0 Å². The highest BCUT2D eigenvalue weighted by atomic mass is 16.8. The highest BCUT2D eigenvalue weighted by molar-refractivity contribution is 5.74. The molecule has 0 aromatic heterocycles. The molecule has 0 aromatic carbocycles. The molecule has 2 aliphatic rings. The molecular weight excluding hydrogens is 760 g/mol. The van der Waals surface area contributed by atoms with Crippen LogP contribution in [0.5, 0.6) is 0 Å². The molecule has 9 atom stereocenters. The molecule has 0 unspecified atom stereocenters. The summed E-state index contributed by atoms with van der Waals surface area (Å²) in [6.07, 6.45) is -13.5. The van der Waals surface area contributed by atoms with Crippen molar-refractivity contribution < 1.29 is 90.5 Å². The molecule has 0 aromatic rings. The summed E-state index contributed by atoms with van der Waals surface area (Å²) < 4.78 is 63.9. The van der Waals surface area contributed by atoms with Gasteiger partial charge in [0.25, 0.3) is 0 Å². The summed E-state index contributed by atoms with van der Waals surface area (Å²) in [5, 5.41) is 0. The Morgan fingerprint density at radius 3 is 1.32 bits per heavy atom. The van der Waals surface area contributed by atoms with E-state index < -0.39 is 152 Å². The first-order valence-corrected chi connectivity index (χ1v) is 18.8. The molecule has 0 amide bonds. The van der Waals surface area contributed by atoms with Crippen LogP contribution in [0.2, 0.25) is 0 Å². The normalized spacial score (nSPS) is 27.2. The van der Waals surface area contributed by atoms with Gasteiger partial charge in [-0.05, 0) is 0 Å². The van der Waals surface area contributed by atoms with E-state index in [1.54, 1.807) is 27.7 Å². The van der Waals surface area contributed by atoms with Crippen molar-refractivity contribution in [3.63, 3.8) is 0 Å². The van der Waals surface area contributed by atoms with Crippen molar-refractivity contribution in [3.05, 3.63) is 0 Å². The number of esters is 8. The van der Waals surface area contributed by atoms with Crippen molar-refractivity contribution >= 4 is 47.8 Å². The van der Waals surface area contributed by atoms with Gasteiger partial charge in [0.05, 0.1) is 29.6 Å². The zero-order valence-corrected chi connectivity index (χ0v) is 34.9. The van der Waals surface area contributed by atoms with Crippen LogP contribution in [-0.2, 0) is 90.5 Å². The first-order chi connectivity index (χ1) is 26.4. The zero-order valence-electron chi connectivity index (χ0n) is 34.9. The zero-order chi connectivity index (χ0) is 43.5. The Bertz CT molecular complexity index is 1450. The van der Waals surface area contributed by atoms with Crippen LogP contribution >= 0.6 is 0 Å². The van der Waals surface area contributed by atoms with Crippen molar-refractivity contribution in [2.75, 3.05) is 19.8 Å². The number of hydrogen-bond donors (Lipinski definition) is 0. The molecule has 0 radical (unpaired) electrons. The molecule has 0 spiro atoms. The van der Waals surface area contributed by atoms with Crippen LogP contribution in [0.4, 0.5) is 0 Å². The lowest BCUT2D eigenvalue weighted by molar-refractivity contribution is -0.384. The van der Waals surface area contributed by atoms with Crippen molar-refractivity contribution in [2.45, 2.75) is 145 Å². The number of hydrogen-bond acceptors (Lipinski definition) is 19. The summed E-state index contributed by atoms with van der Waals surface area (Å²) in [5.74, 6) is -12.5. The van der Waals surface area contributed by atoms with E-state index in [0.29, 0.717) is 0 Å². The molecule has 57 heavy (non-hydrogen) atoms. The van der Waals surface area contributed by atoms with Crippen LogP contribution < -0.4 is 0 Å². The van der Waals surface area contributed by atoms with Gasteiger partial charge in [0.15, 0.2) is 30.5 Å². The van der Waals surface area contributed by atoms with Gasteiger partial charge in [0.1, 0.15) is 32.0 Å². The molecule has 19 nitrogen and oxygen atoms in total. The smallest absolute Gasteiger partial charge is 0.308 e. The second-order valence-electron chi connectivity index (χ2n) is 15.3. The van der Waals surface area contributed by atoms with Crippen molar-refractivity contribution in [1.82, 2.24) is 0 Å². The van der Waals surface area contributed by atoms with E-state index in [1.165, 1.54) is 41.5 Å². The lowest BCUT2D eigenvalue weighted by atomic mass is 9.97. The topological polar surface area (TPSA) is 238 Å². The molecule has 2 heterocycles. The van der Waals surface area contributed by atoms with Crippen molar-refractivity contribution in [2.24, 2.45) is 29.6 Å². The van der Waals surface area contributed by atoms with Gasteiger partial charge in [-0.3, -0.25) is 38.4 Å². The van der Waals surface area contributed by atoms with Crippen LogP contribution in [0.15, 0.2) is 0 Å². The average Bonchev–Trinajstić information content (AvgIpc) is 3.36. The minimum Gasteiger partial charge on any atom is -0.463 e. The molecule has 2 saturated heterocycles. The Kier molecular flexibility index (Phi) is 18.3. The molecule has 324 valence electrons. The van der Waals surface area contributed by atoms with Crippen LogP contribution in [-0.4, -0.2) is 122 Å². The number of carbonyl (C=O) groups excluding carboxylic acids is 8. The highest BCUT2D eigenvalue weighted by Crippen LogP contribution is 2.42. The van der Waals surface area contributed by atoms with E-state index in [2.05, 4.69) is 0 Å². The predicted octanol–water partition coefficient (Wildman–Crippen LogP) is 2.35. The largest absolute Gasteiger partial charge is 0.463 e. The number of ether oxygens (including phenoxy) is 11. The number of carbonyl (C=O) groups is 8. The minimum absolute atomic E-state index is 0.593. The van der Waals surface area contributed by atoms with E-state index in [9.17, 15) is 38.4 Å². The first kappa shape index (κ1) is 48.8. The Morgan fingerprint density at radius 2 is 0.877 bits per heavy atom. The molecule has 2 aliphatic heterocycles. The van der Waals surface area contributed by atoms with E-state index in [0.717, 1.165) is 20.8 Å². The fourth-order valence-corrected chi connectivity index (χ4v) is 5.31. The SMILES string of the molecule is CC(=O)O[C@@H]1[C@@H](OC(C)=O)[C@@H](O[C@]2(COC(=O)C(C)C)O[C@H](COC(=O)C(C)C)[C@@H](OC(=O)C(C)C)[C@@H]2OC(C)=O)O[C@H](COC(=O)C(C)C)[C@H]1OC(=O)C(C)C. The second kappa shape index (κ2) is 21.4. The fourth-order valence-electron chi connectivity index (χ4n) is 5.31. The molecular formula is C38H58O19. The standard InChI is InChI=1S/C38H58O19/c1-17(2)32(42)47-14-25-27(54-35(45)20(7)8)29(50-22(11)39)30(51-23(12)40)37(53-25)57-38(16-49-34(44)19(5)6)31(52-24(13)41)28(55-36(46)21(9)10)26(56-38)15-48-33(43)18(3)4/h17-21,25-31,37H,14-16H2,1-13H3/t25-,26-,27-,28-,29+,30-,31+,37-,38+/m1/s1. The van der Waals surface area contributed by atoms with E-state index in [-0.39, 0.29) is 0 Å². The Hall–Kier alpha value is -4.36. The molecule has 2 fully saturated rings. The molecule has 2 rings (SSSR count). The van der Waals surface area contributed by atoms with Gasteiger partial charge in [-0.1, -0.05) is 69.2 Å². The summed E-state index contributed by atoms with van der Waals surface area (Å²) in [6, 6.07) is 0. The molecule has 0 bridgehead atoms. The summed E-state index contributed by atoms with van der Waals surface area (Å²) in [5.41, 5.74) is 0. The second-order valence-corrected chi connectivity index (χ2v) is 15.3. The third-order valence-corrected chi connectivity index (χ3v) is 8.31. The van der Waals surface area contributed by atoms with Gasteiger partial charge in [-0.15, -0.1) is 0 Å². The Morgan fingerprint density at radius 1 is 0.474 bits per heavy atom. The quantitative estimate of drug-likeness (QED) is 0.142. The number of rotatable bonds is 18. The van der Waals surface area contributed by atoms with E-state index in [4.69, 9.17) is 52.1 Å². The van der Waals surface area contributed by atoms with Crippen LogP contribution in [0.3, 0.4) is 0 Å². The molecule has 19 heteroatoms. The maximum Gasteiger partial charge on any atom is 0.308 e. The molecule has 0 aliphatic carbocycles. The van der Waals surface area contributed by atoms with Gasteiger partial charge in [0.2, 0.25) is 12.1 Å². The van der Waals surface area contributed by atoms with Gasteiger partial charge in [0, 0.05) is 20.8 Å². The first-order valence-electron chi connectivity index (χ1n) is 18.8. The van der Waals surface area contributed by atoms with E-state index in [1.807, 2.05) is 0 Å². The highest BCUT2D eigenvalue weighted by Gasteiger charge is 2.65. The fraction of sp³-hybridized carbons (Fsp3) is 0.789. The lowest BCUT2D eigenvalue weighted by Crippen LogP contribution is -2.66. The van der Waals surface area contributed by atoms with Gasteiger partial charge < -0.3 is 52.1 Å². The average molecular weight is 819 g/mol. The van der Waals surface area contributed by atoms with Gasteiger partial charge in [-0.25, -0.2) is 0 Å². The minimum atomic E-state index is -2.53. The summed E-state index contributed by atoms with van der Waals surface area (Å²) in [6.45, 7) is 16.4. The van der Waals surface area contributed by atoms with Crippen LogP contribution in [0.25, 0.3) is 0 Å². The lowest BCUT2D eigenvalue weighted by Gasteiger charge is -2.46. The van der Waals surface area contributed by atoms with Gasteiger partial charge >= 0.3 is 47.8 Å². The molecule has 0 saturated carbocycles. The van der Waals surface area contributed by atoms with E-state index >= 15 is 0 Å².